The highest BCUT2D eigenvalue weighted by Gasteiger charge is 2.13. The van der Waals surface area contributed by atoms with Crippen LogP contribution < -0.4 is 0 Å². The van der Waals surface area contributed by atoms with Gasteiger partial charge in [-0.3, -0.25) is 0 Å². The molecular weight excluding hydrogens is 449 g/mol. The largest absolute Gasteiger partial charge is 0.378 e. The minimum Gasteiger partial charge on any atom is -0.378 e. The molecule has 19 heavy (non-hydrogen) atoms. The zero-order valence-corrected chi connectivity index (χ0v) is 14.3. The first kappa shape index (κ1) is 15.1. The highest BCUT2D eigenvalue weighted by atomic mass is 127. The van der Waals surface area contributed by atoms with Crippen molar-refractivity contribution in [1.29, 1.82) is 0 Å². The Hall–Kier alpha value is -0.310. The lowest BCUT2D eigenvalue weighted by Crippen LogP contribution is -2.02. The number of aromatic nitrogens is 2. The normalized spacial score (nSPS) is 10.8. The highest BCUT2D eigenvalue weighted by Crippen LogP contribution is 2.26. The molecule has 2 aromatic rings. The Morgan fingerprint density at radius 3 is 2.79 bits per heavy atom. The van der Waals surface area contributed by atoms with Crippen molar-refractivity contribution in [2.45, 2.75) is 6.61 Å². The second-order valence-corrected chi connectivity index (χ2v) is 5.95. The summed E-state index contributed by atoms with van der Waals surface area (Å²) in [7, 11) is 1.57. The van der Waals surface area contributed by atoms with Gasteiger partial charge < -0.3 is 4.74 Å². The number of nitrogens with zero attached hydrogens (tertiary/aromatic N) is 2. The summed E-state index contributed by atoms with van der Waals surface area (Å²) in [5.74, 6) is 0.00734. The van der Waals surface area contributed by atoms with Gasteiger partial charge in [0.25, 0.3) is 0 Å². The van der Waals surface area contributed by atoms with Gasteiger partial charge in [-0.05, 0) is 56.7 Å². The molecule has 3 nitrogen and oxygen atoms in total. The fraction of sp³-hybridized carbons (Fsp3) is 0.167. The number of hydrogen-bond donors (Lipinski definition) is 0. The molecule has 7 heteroatoms. The Labute approximate surface area is 136 Å². The molecule has 0 spiro atoms. The molecule has 1 aromatic heterocycles. The van der Waals surface area contributed by atoms with Crippen molar-refractivity contribution >= 4 is 50.1 Å². The van der Waals surface area contributed by atoms with E-state index in [2.05, 4.69) is 48.5 Å². The molecule has 0 atom stereocenters. The van der Waals surface area contributed by atoms with Gasteiger partial charge >= 0.3 is 0 Å². The Morgan fingerprint density at radius 1 is 1.42 bits per heavy atom. The maximum Gasteiger partial charge on any atom is 0.161 e. The molecule has 0 unspecified atom stereocenters. The zero-order chi connectivity index (χ0) is 14.0. The van der Waals surface area contributed by atoms with E-state index in [-0.39, 0.29) is 5.82 Å². The molecule has 0 radical (unpaired) electrons. The third kappa shape index (κ3) is 3.42. The van der Waals surface area contributed by atoms with Crippen molar-refractivity contribution in [2.24, 2.45) is 0 Å². The van der Waals surface area contributed by atoms with E-state index in [0.29, 0.717) is 33.3 Å². The average Bonchev–Trinajstić information content (AvgIpc) is 2.38. The molecular formula is C12H8BrClFIN2O. The third-order valence-electron chi connectivity index (χ3n) is 2.34. The predicted octanol–water partition coefficient (Wildman–Crippen LogP) is 4.45. The average molecular weight is 457 g/mol. The van der Waals surface area contributed by atoms with E-state index in [9.17, 15) is 4.39 Å². The first-order valence-electron chi connectivity index (χ1n) is 5.19. The van der Waals surface area contributed by atoms with Gasteiger partial charge in [0.05, 0.1) is 20.3 Å². The Balaban J connectivity index is 2.52. The first-order chi connectivity index (χ1) is 9.02. The van der Waals surface area contributed by atoms with Crippen molar-refractivity contribution in [3.63, 3.8) is 0 Å². The number of hydrogen-bond acceptors (Lipinski definition) is 3. The second kappa shape index (κ2) is 6.43. The van der Waals surface area contributed by atoms with Crippen LogP contribution in [0.2, 0.25) is 5.15 Å². The summed E-state index contributed by atoms with van der Waals surface area (Å²) >= 11 is 11.2. The molecule has 0 saturated carbocycles. The third-order valence-corrected chi connectivity index (χ3v) is 4.71. The molecule has 0 N–H and O–H groups in total. The van der Waals surface area contributed by atoms with E-state index in [1.54, 1.807) is 19.2 Å². The van der Waals surface area contributed by atoms with Gasteiger partial charge in [-0.25, -0.2) is 14.4 Å². The zero-order valence-electron chi connectivity index (χ0n) is 9.75. The SMILES string of the molecule is COCc1nc(-c2ccc(Br)c(F)c2)nc(Cl)c1I. The van der Waals surface area contributed by atoms with Gasteiger partial charge in [0.15, 0.2) is 5.82 Å². The number of ether oxygens (including phenoxy) is 1. The first-order valence-corrected chi connectivity index (χ1v) is 7.44. The summed E-state index contributed by atoms with van der Waals surface area (Å²) < 4.78 is 19.7. The van der Waals surface area contributed by atoms with Crippen LogP contribution in [0.4, 0.5) is 4.39 Å². The van der Waals surface area contributed by atoms with Gasteiger partial charge in [-0.2, -0.15) is 0 Å². The van der Waals surface area contributed by atoms with Crippen LogP contribution in [-0.4, -0.2) is 17.1 Å². The van der Waals surface area contributed by atoms with Crippen LogP contribution in [0.1, 0.15) is 5.69 Å². The summed E-state index contributed by atoms with van der Waals surface area (Å²) in [5.41, 5.74) is 1.25. The highest BCUT2D eigenvalue weighted by molar-refractivity contribution is 14.1. The predicted molar refractivity (Wildman–Crippen MR) is 83.6 cm³/mol. The number of methoxy groups -OCH3 is 1. The number of benzene rings is 1. The smallest absolute Gasteiger partial charge is 0.161 e. The standard InChI is InChI=1S/C12H8BrClFIN2O/c1-19-5-9-10(16)11(14)18-12(17-9)6-2-3-7(13)8(15)4-6/h2-4H,5H2,1H3. The molecule has 100 valence electrons. The minimum atomic E-state index is -0.371. The summed E-state index contributed by atoms with van der Waals surface area (Å²) in [4.78, 5) is 8.52. The molecule has 0 bridgehead atoms. The summed E-state index contributed by atoms with van der Waals surface area (Å²) in [6.45, 7) is 0.326. The van der Waals surface area contributed by atoms with Crippen molar-refractivity contribution in [3.05, 3.63) is 42.9 Å². The second-order valence-electron chi connectivity index (χ2n) is 3.66. The van der Waals surface area contributed by atoms with Crippen LogP contribution in [0.15, 0.2) is 22.7 Å². The van der Waals surface area contributed by atoms with E-state index >= 15 is 0 Å². The van der Waals surface area contributed by atoms with Crippen molar-refractivity contribution in [2.75, 3.05) is 7.11 Å². The van der Waals surface area contributed by atoms with Crippen LogP contribution >= 0.6 is 50.1 Å². The molecule has 1 heterocycles. The lowest BCUT2D eigenvalue weighted by Gasteiger charge is -2.08. The monoisotopic (exact) mass is 456 g/mol. The molecule has 1 aromatic carbocycles. The lowest BCUT2D eigenvalue weighted by atomic mass is 10.2. The summed E-state index contributed by atoms with van der Waals surface area (Å²) in [6, 6.07) is 4.69. The van der Waals surface area contributed by atoms with Gasteiger partial charge in [0.2, 0.25) is 0 Å². The van der Waals surface area contributed by atoms with Crippen molar-refractivity contribution in [1.82, 2.24) is 9.97 Å². The summed E-state index contributed by atoms with van der Waals surface area (Å²) in [5, 5.41) is 0.334. The van der Waals surface area contributed by atoms with Gasteiger partial charge in [-0.15, -0.1) is 0 Å². The molecule has 0 saturated heterocycles. The van der Waals surface area contributed by atoms with Gasteiger partial charge in [0, 0.05) is 12.7 Å². The number of halogens is 4. The van der Waals surface area contributed by atoms with Crippen molar-refractivity contribution in [3.8, 4) is 11.4 Å². The molecule has 2 rings (SSSR count). The molecule has 0 aliphatic rings. The van der Waals surface area contributed by atoms with E-state index in [1.807, 2.05) is 0 Å². The van der Waals surface area contributed by atoms with Gasteiger partial charge in [0.1, 0.15) is 11.0 Å². The molecule has 0 aliphatic carbocycles. The maximum absolute atomic E-state index is 13.5. The van der Waals surface area contributed by atoms with E-state index in [4.69, 9.17) is 16.3 Å². The quantitative estimate of drug-likeness (QED) is 0.505. The molecule has 0 aliphatic heterocycles. The fourth-order valence-corrected chi connectivity index (χ4v) is 2.29. The topological polar surface area (TPSA) is 35.0 Å². The van der Waals surface area contributed by atoms with Gasteiger partial charge in [-0.1, -0.05) is 11.6 Å². The molecule has 0 amide bonds. The maximum atomic E-state index is 13.5. The van der Waals surface area contributed by atoms with Crippen molar-refractivity contribution < 1.29 is 9.13 Å². The minimum absolute atomic E-state index is 0.326. The van der Waals surface area contributed by atoms with E-state index < -0.39 is 0 Å². The van der Waals surface area contributed by atoms with E-state index in [0.717, 1.165) is 3.57 Å². The summed E-state index contributed by atoms with van der Waals surface area (Å²) in [6.07, 6.45) is 0. The van der Waals surface area contributed by atoms with Crippen LogP contribution in [0.25, 0.3) is 11.4 Å². The van der Waals surface area contributed by atoms with E-state index in [1.165, 1.54) is 6.07 Å². The molecule has 0 fully saturated rings. The van der Waals surface area contributed by atoms with Crippen LogP contribution in [-0.2, 0) is 11.3 Å². The van der Waals surface area contributed by atoms with Crippen LogP contribution in [0.5, 0.6) is 0 Å². The Kier molecular flexibility index (Phi) is 5.10. The fourth-order valence-electron chi connectivity index (χ4n) is 1.46. The Bertz CT molecular complexity index is 627. The lowest BCUT2D eigenvalue weighted by molar-refractivity contribution is 0.181. The van der Waals surface area contributed by atoms with Crippen LogP contribution in [0, 0.1) is 9.39 Å². The number of rotatable bonds is 3. The Morgan fingerprint density at radius 2 is 2.16 bits per heavy atom. The van der Waals surface area contributed by atoms with Crippen LogP contribution in [0.3, 0.4) is 0 Å².